The standard InChI is InChI=1S/C25H33BrN2O3/c1-4-6-8-9-15-31-24-22(26)16-20(17-23(24)30-3)18-27-28-25(29)21-13-11-19(12-14-21)10-7-5-2/h11-14,16-18H,4-10,15H2,1-3H3,(H,28,29). The molecule has 0 fully saturated rings. The van der Waals surface area contributed by atoms with Crippen molar-refractivity contribution >= 4 is 28.1 Å². The molecule has 0 aliphatic heterocycles. The van der Waals surface area contributed by atoms with Crippen LogP contribution in [-0.2, 0) is 6.42 Å². The van der Waals surface area contributed by atoms with E-state index in [1.54, 1.807) is 13.3 Å². The lowest BCUT2D eigenvalue weighted by atomic mass is 10.1. The SMILES string of the molecule is CCCCCCOc1c(Br)cc(C=NNC(=O)c2ccc(CCCC)cc2)cc1OC. The molecule has 31 heavy (non-hydrogen) atoms. The molecule has 0 saturated carbocycles. The summed E-state index contributed by atoms with van der Waals surface area (Å²) in [5.41, 5.74) is 5.20. The molecule has 6 heteroatoms. The Balaban J connectivity index is 1.95. The molecule has 0 heterocycles. The van der Waals surface area contributed by atoms with Crippen molar-refractivity contribution in [3.63, 3.8) is 0 Å². The van der Waals surface area contributed by atoms with Crippen LogP contribution in [0.25, 0.3) is 0 Å². The molecule has 2 rings (SSSR count). The Bertz CT molecular complexity index is 851. The number of nitrogens with zero attached hydrogens (tertiary/aromatic N) is 1. The van der Waals surface area contributed by atoms with Gasteiger partial charge in [0.2, 0.25) is 0 Å². The quantitative estimate of drug-likeness (QED) is 0.198. The van der Waals surface area contributed by atoms with Crippen molar-refractivity contribution in [2.45, 2.75) is 58.8 Å². The highest BCUT2D eigenvalue weighted by atomic mass is 79.9. The van der Waals surface area contributed by atoms with Gasteiger partial charge in [-0.25, -0.2) is 5.43 Å². The van der Waals surface area contributed by atoms with E-state index in [9.17, 15) is 4.79 Å². The fourth-order valence-electron chi connectivity index (χ4n) is 3.09. The summed E-state index contributed by atoms with van der Waals surface area (Å²) in [6, 6.07) is 11.4. The number of unbranched alkanes of at least 4 members (excludes halogenated alkanes) is 4. The number of benzene rings is 2. The molecule has 0 unspecified atom stereocenters. The maximum atomic E-state index is 12.3. The minimum Gasteiger partial charge on any atom is -0.493 e. The van der Waals surface area contributed by atoms with Crippen molar-refractivity contribution < 1.29 is 14.3 Å². The molecular formula is C25H33BrN2O3. The van der Waals surface area contributed by atoms with Gasteiger partial charge in [-0.05, 0) is 70.6 Å². The molecule has 0 saturated heterocycles. The summed E-state index contributed by atoms with van der Waals surface area (Å²) in [4.78, 5) is 12.3. The number of methoxy groups -OCH3 is 1. The average molecular weight is 489 g/mol. The second-order valence-electron chi connectivity index (χ2n) is 7.44. The number of hydrazone groups is 1. The molecule has 0 aliphatic rings. The molecule has 0 atom stereocenters. The van der Waals surface area contributed by atoms with Crippen LogP contribution in [0, 0.1) is 0 Å². The van der Waals surface area contributed by atoms with Crippen molar-refractivity contribution in [1.82, 2.24) is 5.43 Å². The summed E-state index contributed by atoms with van der Waals surface area (Å²) in [5.74, 6) is 1.07. The average Bonchev–Trinajstić information content (AvgIpc) is 2.78. The number of amides is 1. The Kier molecular flexibility index (Phi) is 11.1. The van der Waals surface area contributed by atoms with Gasteiger partial charge in [0.15, 0.2) is 11.5 Å². The Hall–Kier alpha value is -2.34. The molecule has 0 bridgehead atoms. The summed E-state index contributed by atoms with van der Waals surface area (Å²) >= 11 is 3.55. The number of hydrogen-bond donors (Lipinski definition) is 1. The van der Waals surface area contributed by atoms with Gasteiger partial charge in [0.25, 0.3) is 5.91 Å². The maximum Gasteiger partial charge on any atom is 0.271 e. The lowest BCUT2D eigenvalue weighted by Crippen LogP contribution is -2.17. The first-order valence-corrected chi connectivity index (χ1v) is 11.8. The molecule has 2 aromatic rings. The molecule has 0 spiro atoms. The van der Waals surface area contributed by atoms with Crippen LogP contribution in [0.2, 0.25) is 0 Å². The minimum atomic E-state index is -0.239. The zero-order valence-corrected chi connectivity index (χ0v) is 20.3. The molecule has 0 radical (unpaired) electrons. The summed E-state index contributed by atoms with van der Waals surface area (Å²) in [5, 5.41) is 4.09. The Morgan fingerprint density at radius 2 is 1.81 bits per heavy atom. The van der Waals surface area contributed by atoms with Gasteiger partial charge in [-0.2, -0.15) is 5.10 Å². The number of halogens is 1. The first-order valence-electron chi connectivity index (χ1n) is 11.0. The van der Waals surface area contributed by atoms with Gasteiger partial charge in [0.05, 0.1) is 24.4 Å². The lowest BCUT2D eigenvalue weighted by molar-refractivity contribution is 0.0955. The zero-order valence-electron chi connectivity index (χ0n) is 18.7. The minimum absolute atomic E-state index is 0.239. The second kappa shape index (κ2) is 13.9. The van der Waals surface area contributed by atoms with Crippen molar-refractivity contribution in [3.8, 4) is 11.5 Å². The highest BCUT2D eigenvalue weighted by Gasteiger charge is 2.11. The van der Waals surface area contributed by atoms with Crippen LogP contribution in [0.15, 0.2) is 46.0 Å². The van der Waals surface area contributed by atoms with E-state index in [1.807, 2.05) is 36.4 Å². The third-order valence-corrected chi connectivity index (χ3v) is 5.50. The number of aryl methyl sites for hydroxylation is 1. The summed E-state index contributed by atoms with van der Waals surface area (Å²) in [6.45, 7) is 5.01. The summed E-state index contributed by atoms with van der Waals surface area (Å²) in [7, 11) is 1.61. The van der Waals surface area contributed by atoms with E-state index in [-0.39, 0.29) is 5.91 Å². The molecule has 2 aromatic carbocycles. The molecular weight excluding hydrogens is 456 g/mol. The third-order valence-electron chi connectivity index (χ3n) is 4.91. The van der Waals surface area contributed by atoms with Gasteiger partial charge >= 0.3 is 0 Å². The van der Waals surface area contributed by atoms with Crippen LogP contribution in [0.3, 0.4) is 0 Å². The number of carbonyl (C=O) groups is 1. The molecule has 0 aliphatic carbocycles. The number of rotatable bonds is 13. The molecule has 1 amide bonds. The molecule has 5 nitrogen and oxygen atoms in total. The predicted octanol–water partition coefficient (Wildman–Crippen LogP) is 6.52. The van der Waals surface area contributed by atoms with Crippen LogP contribution >= 0.6 is 15.9 Å². The van der Waals surface area contributed by atoms with Crippen molar-refractivity contribution in [2.24, 2.45) is 5.10 Å². The van der Waals surface area contributed by atoms with E-state index in [1.165, 1.54) is 18.4 Å². The van der Waals surface area contributed by atoms with Crippen molar-refractivity contribution in [2.75, 3.05) is 13.7 Å². The van der Waals surface area contributed by atoms with E-state index in [4.69, 9.17) is 9.47 Å². The lowest BCUT2D eigenvalue weighted by Gasteiger charge is -2.13. The Morgan fingerprint density at radius 1 is 1.06 bits per heavy atom. The van der Waals surface area contributed by atoms with Crippen molar-refractivity contribution in [3.05, 3.63) is 57.6 Å². The Morgan fingerprint density at radius 3 is 2.48 bits per heavy atom. The fraction of sp³-hybridized carbons (Fsp3) is 0.440. The van der Waals surface area contributed by atoms with E-state index in [0.29, 0.717) is 23.7 Å². The molecule has 168 valence electrons. The predicted molar refractivity (Wildman–Crippen MR) is 130 cm³/mol. The van der Waals surface area contributed by atoms with Gasteiger partial charge < -0.3 is 9.47 Å². The number of carbonyl (C=O) groups excluding carboxylic acids is 1. The Labute approximate surface area is 194 Å². The first-order chi connectivity index (χ1) is 15.1. The highest BCUT2D eigenvalue weighted by molar-refractivity contribution is 9.10. The normalized spacial score (nSPS) is 11.0. The first kappa shape index (κ1) is 24.9. The van der Waals surface area contributed by atoms with Crippen LogP contribution in [0.4, 0.5) is 0 Å². The van der Waals surface area contributed by atoms with Gasteiger partial charge in [0.1, 0.15) is 0 Å². The zero-order chi connectivity index (χ0) is 22.5. The number of nitrogens with one attached hydrogen (secondary N) is 1. The van der Waals surface area contributed by atoms with Gasteiger partial charge in [-0.3, -0.25) is 4.79 Å². The largest absolute Gasteiger partial charge is 0.493 e. The summed E-state index contributed by atoms with van der Waals surface area (Å²) < 4.78 is 12.2. The molecule has 0 aromatic heterocycles. The second-order valence-corrected chi connectivity index (χ2v) is 8.30. The number of hydrogen-bond acceptors (Lipinski definition) is 4. The molecule has 1 N–H and O–H groups in total. The van der Waals surface area contributed by atoms with Crippen molar-refractivity contribution in [1.29, 1.82) is 0 Å². The number of ether oxygens (including phenoxy) is 2. The monoisotopic (exact) mass is 488 g/mol. The topological polar surface area (TPSA) is 59.9 Å². The van der Waals surface area contributed by atoms with Crippen LogP contribution in [0.1, 0.15) is 73.9 Å². The maximum absolute atomic E-state index is 12.3. The van der Waals surface area contributed by atoms with E-state index in [0.717, 1.165) is 42.1 Å². The summed E-state index contributed by atoms with van der Waals surface area (Å²) in [6.07, 6.45) is 9.51. The van der Waals surface area contributed by atoms with E-state index in [2.05, 4.69) is 40.3 Å². The van der Waals surface area contributed by atoms with Crippen LogP contribution < -0.4 is 14.9 Å². The van der Waals surface area contributed by atoms with E-state index >= 15 is 0 Å². The van der Waals surface area contributed by atoms with Crippen LogP contribution in [-0.4, -0.2) is 25.8 Å². The van der Waals surface area contributed by atoms with Gasteiger partial charge in [0, 0.05) is 5.56 Å². The highest BCUT2D eigenvalue weighted by Crippen LogP contribution is 2.36. The van der Waals surface area contributed by atoms with E-state index < -0.39 is 0 Å². The smallest absolute Gasteiger partial charge is 0.271 e. The van der Waals surface area contributed by atoms with Gasteiger partial charge in [-0.1, -0.05) is 51.7 Å². The van der Waals surface area contributed by atoms with Crippen LogP contribution in [0.5, 0.6) is 11.5 Å². The fourth-order valence-corrected chi connectivity index (χ4v) is 3.67. The van der Waals surface area contributed by atoms with Gasteiger partial charge in [-0.15, -0.1) is 0 Å². The third kappa shape index (κ3) is 8.37.